The fraction of sp³-hybridized carbons (Fsp3) is 0.0645. The second-order valence-electron chi connectivity index (χ2n) is 8.48. The predicted molar refractivity (Wildman–Crippen MR) is 148 cm³/mol. The molecule has 0 spiro atoms. The van der Waals surface area contributed by atoms with Crippen LogP contribution in [0.3, 0.4) is 0 Å². The van der Waals surface area contributed by atoms with Gasteiger partial charge in [0.1, 0.15) is 0 Å². The van der Waals surface area contributed by atoms with Crippen LogP contribution in [0.4, 0.5) is 11.4 Å². The van der Waals surface area contributed by atoms with E-state index >= 15 is 0 Å². The van der Waals surface area contributed by atoms with Gasteiger partial charge in [0.05, 0.1) is 0 Å². The molecule has 172 valence electrons. The van der Waals surface area contributed by atoms with E-state index in [0.717, 1.165) is 28.3 Å². The minimum absolute atomic E-state index is 0.650. The van der Waals surface area contributed by atoms with Crippen LogP contribution in [0.1, 0.15) is 16.7 Å². The van der Waals surface area contributed by atoms with Crippen LogP contribution in [0.15, 0.2) is 132 Å². The zero-order valence-electron chi connectivity index (χ0n) is 19.5. The number of rotatable bonds is 7. The summed E-state index contributed by atoms with van der Waals surface area (Å²) in [5.41, 5.74) is 5.46. The molecule has 0 atom stereocenters. The monoisotopic (exact) mass is 456 g/mol. The van der Waals surface area contributed by atoms with Gasteiger partial charge in [0.25, 0.3) is 0 Å². The highest BCUT2D eigenvalue weighted by Gasteiger charge is 2.17. The molecule has 0 unspecified atom stereocenters. The van der Waals surface area contributed by atoms with E-state index in [9.17, 15) is 0 Å². The Hall–Kier alpha value is -4.57. The Kier molecular flexibility index (Phi) is 6.72. The van der Waals surface area contributed by atoms with Crippen LogP contribution in [0, 0.1) is 0 Å². The number of hydrazone groups is 1. The van der Waals surface area contributed by atoms with Gasteiger partial charge < -0.3 is 16.1 Å². The lowest BCUT2D eigenvalue weighted by Crippen LogP contribution is -2.32. The molecule has 5 aromatic carbocycles. The average Bonchev–Trinajstić information content (AvgIpc) is 2.93. The highest BCUT2D eigenvalue weighted by molar-refractivity contribution is 6.09. The Balaban J connectivity index is 1.45. The molecule has 3 N–H and O–H groups in total. The van der Waals surface area contributed by atoms with Gasteiger partial charge in [0.2, 0.25) is 0 Å². The largest absolute Gasteiger partial charge is 0.381 e. The molecule has 0 saturated heterocycles. The van der Waals surface area contributed by atoms with Crippen LogP contribution in [-0.2, 0) is 13.1 Å². The van der Waals surface area contributed by atoms with E-state index in [0.29, 0.717) is 13.1 Å². The number of hydrogen-bond acceptors (Lipinski definition) is 3. The van der Waals surface area contributed by atoms with Gasteiger partial charge in [-0.05, 0) is 58.3 Å². The zero-order chi connectivity index (χ0) is 23.9. The van der Waals surface area contributed by atoms with Crippen molar-refractivity contribution < 1.29 is 0 Å². The number of nitrogens with zero attached hydrogens (tertiary/aromatic N) is 2. The minimum Gasteiger partial charge on any atom is -0.381 e. The van der Waals surface area contributed by atoms with Crippen molar-refractivity contribution >= 4 is 28.0 Å². The highest BCUT2D eigenvalue weighted by Crippen LogP contribution is 2.23. The summed E-state index contributed by atoms with van der Waals surface area (Å²) in [4.78, 5) is 2.17. The van der Waals surface area contributed by atoms with Crippen LogP contribution in [0.5, 0.6) is 0 Å². The maximum Gasteiger partial charge on any atom is 0.160 e. The van der Waals surface area contributed by atoms with Gasteiger partial charge in [-0.15, -0.1) is 0 Å². The summed E-state index contributed by atoms with van der Waals surface area (Å²) in [7, 11) is 0. The third-order valence-electron chi connectivity index (χ3n) is 6.06. The number of fused-ring (bicyclic) bond motifs is 1. The maximum atomic E-state index is 6.03. The Morgan fingerprint density at radius 1 is 0.657 bits per heavy atom. The third-order valence-corrected chi connectivity index (χ3v) is 6.06. The molecule has 5 rings (SSSR count). The molecule has 0 heterocycles. The summed E-state index contributed by atoms with van der Waals surface area (Å²) in [5.74, 6) is 6.76. The van der Waals surface area contributed by atoms with Gasteiger partial charge in [-0.2, -0.15) is 5.10 Å². The molecule has 0 amide bonds. The quantitative estimate of drug-likeness (QED) is 0.123. The Labute approximate surface area is 206 Å². The number of amidine groups is 1. The van der Waals surface area contributed by atoms with E-state index in [1.54, 1.807) is 0 Å². The first-order valence-corrected chi connectivity index (χ1v) is 11.8. The first kappa shape index (κ1) is 22.2. The second-order valence-corrected chi connectivity index (χ2v) is 8.48. The molecule has 0 radical (unpaired) electrons. The van der Waals surface area contributed by atoms with Crippen molar-refractivity contribution in [1.82, 2.24) is 0 Å². The number of anilines is 2. The van der Waals surface area contributed by atoms with Crippen LogP contribution in [-0.4, -0.2) is 5.84 Å². The Morgan fingerprint density at radius 3 is 2.14 bits per heavy atom. The van der Waals surface area contributed by atoms with E-state index in [-0.39, 0.29) is 0 Å². The van der Waals surface area contributed by atoms with Crippen molar-refractivity contribution in [2.75, 3.05) is 10.2 Å². The second kappa shape index (κ2) is 10.6. The van der Waals surface area contributed by atoms with Crippen LogP contribution < -0.4 is 16.1 Å². The summed E-state index contributed by atoms with van der Waals surface area (Å²) in [6.07, 6.45) is 0. The van der Waals surface area contributed by atoms with E-state index in [1.165, 1.54) is 16.3 Å². The molecule has 0 aliphatic carbocycles. The van der Waals surface area contributed by atoms with E-state index in [4.69, 9.17) is 5.84 Å². The summed E-state index contributed by atoms with van der Waals surface area (Å²) in [6, 6.07) is 43.9. The lowest BCUT2D eigenvalue weighted by Gasteiger charge is -2.26. The summed E-state index contributed by atoms with van der Waals surface area (Å²) in [6.45, 7) is 1.36. The molecule has 0 aliphatic heterocycles. The summed E-state index contributed by atoms with van der Waals surface area (Å²) < 4.78 is 0. The number of nitrogens with one attached hydrogen (secondary N) is 1. The Bertz CT molecular complexity index is 1430. The molecule has 5 aromatic rings. The zero-order valence-corrected chi connectivity index (χ0v) is 19.5. The number of para-hydroxylation sites is 2. The van der Waals surface area contributed by atoms with Crippen LogP contribution >= 0.6 is 0 Å². The molecule has 0 saturated carbocycles. The highest BCUT2D eigenvalue weighted by atomic mass is 15.3. The van der Waals surface area contributed by atoms with Crippen LogP contribution in [0.25, 0.3) is 10.8 Å². The molecule has 35 heavy (non-hydrogen) atoms. The molecule has 0 fully saturated rings. The van der Waals surface area contributed by atoms with E-state index in [2.05, 4.69) is 106 Å². The van der Waals surface area contributed by atoms with E-state index < -0.39 is 0 Å². The SMILES string of the molecule is N/N=C(/c1cccc(CNc2ccccc2)c1)N(Cc1ccc2ccccc2c1)c1ccccc1. The summed E-state index contributed by atoms with van der Waals surface area (Å²) >= 11 is 0. The van der Waals surface area contributed by atoms with Gasteiger partial charge >= 0.3 is 0 Å². The van der Waals surface area contributed by atoms with Gasteiger partial charge in [0, 0.05) is 30.0 Å². The fourth-order valence-corrected chi connectivity index (χ4v) is 4.30. The standard InChI is InChI=1S/C31H28N4/c32-34-31(28-13-9-10-24(20-28)22-33-29-14-3-1-4-15-29)35(30-16-5-2-6-17-30)23-25-18-19-26-11-7-8-12-27(26)21-25/h1-21,33H,22-23,32H2/b34-31-. The normalized spacial score (nSPS) is 11.4. The smallest absolute Gasteiger partial charge is 0.160 e. The number of benzene rings is 5. The van der Waals surface area contributed by atoms with Crippen LogP contribution in [0.2, 0.25) is 0 Å². The Morgan fingerprint density at radius 2 is 1.37 bits per heavy atom. The number of nitrogens with two attached hydrogens (primary N) is 1. The molecule has 4 heteroatoms. The molecule has 0 aliphatic rings. The van der Waals surface area contributed by atoms with Gasteiger partial charge in [-0.3, -0.25) is 0 Å². The van der Waals surface area contributed by atoms with Gasteiger partial charge in [-0.1, -0.05) is 91.0 Å². The van der Waals surface area contributed by atoms with Gasteiger partial charge in [0.15, 0.2) is 5.84 Å². The lowest BCUT2D eigenvalue weighted by molar-refractivity contribution is 0.992. The minimum atomic E-state index is 0.650. The molecule has 0 bridgehead atoms. The molecular weight excluding hydrogens is 428 g/mol. The third kappa shape index (κ3) is 5.33. The molecule has 4 nitrogen and oxygen atoms in total. The topological polar surface area (TPSA) is 53.6 Å². The molecular formula is C31H28N4. The van der Waals surface area contributed by atoms with Crippen molar-refractivity contribution in [1.29, 1.82) is 0 Å². The lowest BCUT2D eigenvalue weighted by atomic mass is 10.0. The van der Waals surface area contributed by atoms with Crippen molar-refractivity contribution in [3.8, 4) is 0 Å². The van der Waals surface area contributed by atoms with Crippen molar-refractivity contribution in [2.24, 2.45) is 10.9 Å². The number of hydrogen-bond donors (Lipinski definition) is 2. The molecule has 0 aromatic heterocycles. The van der Waals surface area contributed by atoms with Crippen molar-refractivity contribution in [2.45, 2.75) is 13.1 Å². The summed E-state index contributed by atoms with van der Waals surface area (Å²) in [5, 5.41) is 10.2. The van der Waals surface area contributed by atoms with Crippen molar-refractivity contribution in [3.63, 3.8) is 0 Å². The fourth-order valence-electron chi connectivity index (χ4n) is 4.30. The van der Waals surface area contributed by atoms with Gasteiger partial charge in [-0.25, -0.2) is 0 Å². The first-order chi connectivity index (χ1) is 17.3. The van der Waals surface area contributed by atoms with E-state index in [1.807, 2.05) is 36.4 Å². The maximum absolute atomic E-state index is 6.03. The average molecular weight is 457 g/mol. The first-order valence-electron chi connectivity index (χ1n) is 11.8. The van der Waals surface area contributed by atoms with Crippen molar-refractivity contribution in [3.05, 3.63) is 144 Å². The predicted octanol–water partition coefficient (Wildman–Crippen LogP) is 6.78.